The summed E-state index contributed by atoms with van der Waals surface area (Å²) in [6.45, 7) is 15.1. The lowest BCUT2D eigenvalue weighted by molar-refractivity contribution is 0.248. The number of rotatable bonds is 4. The van der Waals surface area contributed by atoms with Crippen molar-refractivity contribution in [2.75, 3.05) is 6.61 Å². The number of hydrogen-bond acceptors (Lipinski definition) is 2. The third-order valence-electron chi connectivity index (χ3n) is 2.02. The highest BCUT2D eigenvalue weighted by Crippen LogP contribution is 2.00. The molecule has 0 heterocycles. The molecule has 0 aliphatic carbocycles. The van der Waals surface area contributed by atoms with Crippen molar-refractivity contribution in [1.82, 2.24) is 0 Å². The largest absolute Gasteiger partial charge is 0.396 e. The molecule has 1 N–H and O–H groups in total. The Bertz CT molecular complexity index is 149. The van der Waals surface area contributed by atoms with Crippen LogP contribution in [0.25, 0.3) is 0 Å². The molecule has 0 aromatic carbocycles. The zero-order valence-electron chi connectivity index (χ0n) is 13.0. The third-order valence-corrected chi connectivity index (χ3v) is 2.02. The molecule has 0 aliphatic heterocycles. The summed E-state index contributed by atoms with van der Waals surface area (Å²) in [5.74, 6) is 2.00. The van der Waals surface area contributed by atoms with Crippen LogP contribution in [-0.2, 0) is 0 Å². The molecule has 0 radical (unpaired) electrons. The van der Waals surface area contributed by atoms with Crippen molar-refractivity contribution in [3.63, 3.8) is 0 Å². The Labute approximate surface area is 109 Å². The molecule has 17 heavy (non-hydrogen) atoms. The zero-order valence-corrected chi connectivity index (χ0v) is 13.0. The Morgan fingerprint density at radius 1 is 0.941 bits per heavy atom. The van der Waals surface area contributed by atoms with Gasteiger partial charge in [0.2, 0.25) is 0 Å². The lowest BCUT2D eigenvalue weighted by atomic mass is 10.1. The van der Waals surface area contributed by atoms with Gasteiger partial charge in [-0.05, 0) is 24.2 Å². The molecule has 0 saturated carbocycles. The standard InChI is InChI=1S/C6H11N.C5H12.C4H10O/c1-6(2)4-3-5-7;1-4-5(2)3;1-4(2)3-5/h6H,3-4H2,1-2H3;5H,4H2,1-3H3;4-5H,3H2,1-2H3. The van der Waals surface area contributed by atoms with E-state index in [1.54, 1.807) is 0 Å². The monoisotopic (exact) mass is 243 g/mol. The first-order chi connectivity index (χ1) is 7.81. The third kappa shape index (κ3) is 50.4. The van der Waals surface area contributed by atoms with Crippen molar-refractivity contribution in [2.24, 2.45) is 17.8 Å². The van der Waals surface area contributed by atoms with Gasteiger partial charge in [-0.15, -0.1) is 0 Å². The summed E-state index contributed by atoms with van der Waals surface area (Å²) in [7, 11) is 0. The Kier molecular flexibility index (Phi) is 22.8. The Morgan fingerprint density at radius 3 is 1.35 bits per heavy atom. The summed E-state index contributed by atoms with van der Waals surface area (Å²) < 4.78 is 0. The van der Waals surface area contributed by atoms with Gasteiger partial charge in [0.25, 0.3) is 0 Å². The molecule has 0 unspecified atom stereocenters. The number of aliphatic hydroxyl groups is 1. The maximum atomic E-state index is 8.14. The van der Waals surface area contributed by atoms with Gasteiger partial charge in [0.05, 0.1) is 6.07 Å². The van der Waals surface area contributed by atoms with E-state index in [1.807, 2.05) is 13.8 Å². The minimum Gasteiger partial charge on any atom is -0.396 e. The second-order valence-electron chi connectivity index (χ2n) is 5.47. The molecule has 0 atom stereocenters. The molecule has 0 bridgehead atoms. The SMILES string of the molecule is CC(C)CCC#N.CC(C)CO.CCC(C)C. The fourth-order valence-corrected chi connectivity index (χ4v) is 0.353. The van der Waals surface area contributed by atoms with Gasteiger partial charge in [-0.2, -0.15) is 5.26 Å². The predicted octanol–water partition coefficient (Wildman–Crippen LogP) is 4.63. The van der Waals surface area contributed by atoms with E-state index >= 15 is 0 Å². The minimum atomic E-state index is 0.306. The summed E-state index contributed by atoms with van der Waals surface area (Å²) in [6.07, 6.45) is 3.05. The topological polar surface area (TPSA) is 44.0 Å². The average Bonchev–Trinajstić information content (AvgIpc) is 2.27. The van der Waals surface area contributed by atoms with Gasteiger partial charge >= 0.3 is 0 Å². The van der Waals surface area contributed by atoms with Crippen LogP contribution in [0.3, 0.4) is 0 Å². The van der Waals surface area contributed by atoms with E-state index in [0.29, 0.717) is 24.9 Å². The molecule has 104 valence electrons. The lowest BCUT2D eigenvalue weighted by Gasteiger charge is -1.94. The summed E-state index contributed by atoms with van der Waals surface area (Å²) in [5.41, 5.74) is 0. The zero-order chi connectivity index (χ0) is 14.3. The Balaban J connectivity index is -0.000000177. The van der Waals surface area contributed by atoms with Crippen LogP contribution in [0.1, 0.15) is 67.7 Å². The van der Waals surface area contributed by atoms with Crippen molar-refractivity contribution in [1.29, 1.82) is 5.26 Å². The molecule has 0 aromatic heterocycles. The first-order valence-corrected chi connectivity index (χ1v) is 6.79. The van der Waals surface area contributed by atoms with Crippen molar-refractivity contribution in [3.8, 4) is 6.07 Å². The van der Waals surface area contributed by atoms with Crippen LogP contribution in [-0.4, -0.2) is 11.7 Å². The molecular weight excluding hydrogens is 210 g/mol. The Hall–Kier alpha value is -0.550. The van der Waals surface area contributed by atoms with Crippen LogP contribution >= 0.6 is 0 Å². The molecule has 2 nitrogen and oxygen atoms in total. The summed E-state index contributed by atoms with van der Waals surface area (Å²) in [5, 5.41) is 16.2. The number of aliphatic hydroxyl groups excluding tert-OH is 1. The fraction of sp³-hybridized carbons (Fsp3) is 0.933. The van der Waals surface area contributed by atoms with E-state index in [-0.39, 0.29) is 0 Å². The van der Waals surface area contributed by atoms with Crippen LogP contribution in [0.2, 0.25) is 0 Å². The first kappa shape index (κ1) is 21.7. The molecular formula is C15H33NO. The second kappa shape index (κ2) is 17.8. The van der Waals surface area contributed by atoms with Crippen LogP contribution in [0.4, 0.5) is 0 Å². The molecule has 0 aromatic rings. The molecule has 2 heteroatoms. The van der Waals surface area contributed by atoms with Crippen LogP contribution in [0.15, 0.2) is 0 Å². The first-order valence-electron chi connectivity index (χ1n) is 6.79. The van der Waals surface area contributed by atoms with E-state index in [4.69, 9.17) is 10.4 Å². The van der Waals surface area contributed by atoms with Gasteiger partial charge in [-0.1, -0.05) is 54.9 Å². The van der Waals surface area contributed by atoms with Crippen LogP contribution < -0.4 is 0 Å². The van der Waals surface area contributed by atoms with Crippen molar-refractivity contribution in [2.45, 2.75) is 67.7 Å². The van der Waals surface area contributed by atoms with Gasteiger partial charge < -0.3 is 5.11 Å². The van der Waals surface area contributed by atoms with Crippen LogP contribution in [0, 0.1) is 29.1 Å². The highest BCUT2D eigenvalue weighted by atomic mass is 16.3. The van der Waals surface area contributed by atoms with Gasteiger partial charge in [-0.3, -0.25) is 0 Å². The normalized spacial score (nSPS) is 9.29. The van der Waals surface area contributed by atoms with Gasteiger partial charge in [0.15, 0.2) is 0 Å². The molecule has 0 saturated heterocycles. The van der Waals surface area contributed by atoms with Crippen molar-refractivity contribution >= 4 is 0 Å². The smallest absolute Gasteiger partial charge is 0.0621 e. The van der Waals surface area contributed by atoms with Gasteiger partial charge in [0, 0.05) is 13.0 Å². The predicted molar refractivity (Wildman–Crippen MR) is 76.7 cm³/mol. The number of nitrogens with zero attached hydrogens (tertiary/aromatic N) is 1. The minimum absolute atomic E-state index is 0.306. The summed E-state index contributed by atoms with van der Waals surface area (Å²) >= 11 is 0. The van der Waals surface area contributed by atoms with Crippen molar-refractivity contribution in [3.05, 3.63) is 0 Å². The van der Waals surface area contributed by atoms with Crippen LogP contribution in [0.5, 0.6) is 0 Å². The highest BCUT2D eigenvalue weighted by Gasteiger charge is 1.88. The molecule has 0 rings (SSSR count). The summed E-state index contributed by atoms with van der Waals surface area (Å²) in [6, 6.07) is 2.10. The average molecular weight is 243 g/mol. The number of nitriles is 1. The Morgan fingerprint density at radius 2 is 1.29 bits per heavy atom. The van der Waals surface area contributed by atoms with E-state index in [2.05, 4.69) is 40.7 Å². The maximum Gasteiger partial charge on any atom is 0.0621 e. The van der Waals surface area contributed by atoms with E-state index < -0.39 is 0 Å². The second-order valence-corrected chi connectivity index (χ2v) is 5.47. The maximum absolute atomic E-state index is 8.14. The van der Waals surface area contributed by atoms with E-state index in [1.165, 1.54) is 6.42 Å². The van der Waals surface area contributed by atoms with Gasteiger partial charge in [-0.25, -0.2) is 0 Å². The summed E-state index contributed by atoms with van der Waals surface area (Å²) in [4.78, 5) is 0. The quantitative estimate of drug-likeness (QED) is 0.782. The number of hydrogen-bond donors (Lipinski definition) is 1. The molecule has 0 spiro atoms. The van der Waals surface area contributed by atoms with E-state index in [0.717, 1.165) is 12.3 Å². The van der Waals surface area contributed by atoms with E-state index in [9.17, 15) is 0 Å². The molecule has 0 aliphatic rings. The van der Waals surface area contributed by atoms with Crippen molar-refractivity contribution < 1.29 is 5.11 Å². The fourth-order valence-electron chi connectivity index (χ4n) is 0.353. The lowest BCUT2D eigenvalue weighted by Crippen LogP contribution is -1.90. The molecule has 0 amide bonds. The highest BCUT2D eigenvalue weighted by molar-refractivity contribution is 4.68. The van der Waals surface area contributed by atoms with Gasteiger partial charge in [0.1, 0.15) is 0 Å². The molecule has 0 fully saturated rings.